The third-order valence-electron chi connectivity index (χ3n) is 7.11. The molecular formula is C28H28N4O4S4. The Labute approximate surface area is 243 Å². The quantitative estimate of drug-likeness (QED) is 0.153. The van der Waals surface area contributed by atoms with E-state index in [9.17, 15) is 16.8 Å². The van der Waals surface area contributed by atoms with E-state index in [1.54, 1.807) is 6.07 Å². The van der Waals surface area contributed by atoms with Gasteiger partial charge in [-0.05, 0) is 35.8 Å². The second-order valence-electron chi connectivity index (χ2n) is 9.70. The minimum atomic E-state index is -3.66. The first kappa shape index (κ1) is 28.7. The molecule has 2 heterocycles. The van der Waals surface area contributed by atoms with Crippen LogP contribution in [0.15, 0.2) is 93.2 Å². The average molecular weight is 613 g/mol. The maximum atomic E-state index is 12.6. The van der Waals surface area contributed by atoms with Crippen molar-refractivity contribution in [2.24, 2.45) is 0 Å². The van der Waals surface area contributed by atoms with E-state index in [4.69, 9.17) is 4.98 Å². The topological polar surface area (TPSA) is 120 Å². The highest BCUT2D eigenvalue weighted by atomic mass is 32.2. The second-order valence-corrected chi connectivity index (χ2v) is 15.2. The van der Waals surface area contributed by atoms with Crippen molar-refractivity contribution in [3.05, 3.63) is 95.3 Å². The van der Waals surface area contributed by atoms with Gasteiger partial charge in [-0.3, -0.25) is 0 Å². The first-order valence-electron chi connectivity index (χ1n) is 12.4. The molecule has 0 N–H and O–H groups in total. The lowest BCUT2D eigenvalue weighted by Crippen LogP contribution is -2.41. The lowest BCUT2D eigenvalue weighted by atomic mass is 9.50. The molecule has 1 aliphatic carbocycles. The van der Waals surface area contributed by atoms with Gasteiger partial charge in [-0.25, -0.2) is 36.8 Å². The van der Waals surface area contributed by atoms with E-state index < -0.39 is 19.7 Å². The Morgan fingerprint density at radius 3 is 1.57 bits per heavy atom. The number of sulfone groups is 2. The Balaban J connectivity index is 1.78. The molecule has 2 aromatic carbocycles. The Kier molecular flexibility index (Phi) is 8.06. The zero-order valence-corrected chi connectivity index (χ0v) is 25.6. The van der Waals surface area contributed by atoms with Crippen molar-refractivity contribution in [2.45, 2.75) is 44.0 Å². The lowest BCUT2D eigenvalue weighted by molar-refractivity contribution is 0.217. The predicted molar refractivity (Wildman–Crippen MR) is 158 cm³/mol. The molecule has 0 radical (unpaired) electrons. The van der Waals surface area contributed by atoms with Crippen LogP contribution in [0, 0.1) is 0 Å². The van der Waals surface area contributed by atoms with Crippen molar-refractivity contribution in [3.8, 4) is 0 Å². The molecular weight excluding hydrogens is 585 g/mol. The van der Waals surface area contributed by atoms with Gasteiger partial charge in [0.1, 0.15) is 5.03 Å². The summed E-state index contributed by atoms with van der Waals surface area (Å²) < 4.78 is 50.3. The van der Waals surface area contributed by atoms with Crippen LogP contribution in [-0.4, -0.2) is 61.8 Å². The van der Waals surface area contributed by atoms with Gasteiger partial charge in [0.15, 0.2) is 20.0 Å². The summed E-state index contributed by atoms with van der Waals surface area (Å²) >= 11 is 2.65. The minimum Gasteiger partial charge on any atom is -0.227 e. The van der Waals surface area contributed by atoms with Crippen molar-refractivity contribution in [1.29, 1.82) is 0 Å². The van der Waals surface area contributed by atoms with Crippen LogP contribution in [0.3, 0.4) is 0 Å². The van der Waals surface area contributed by atoms with Crippen LogP contribution in [-0.2, 0) is 19.7 Å². The van der Waals surface area contributed by atoms with Gasteiger partial charge in [-0.15, -0.1) is 11.8 Å². The van der Waals surface area contributed by atoms with E-state index in [1.165, 1.54) is 23.5 Å². The SMILES string of the molecule is CSc1cc(C2[C@H](c3ccccc3)C(c3cc(S(C)(=O)=O)nc(SC)n3)[C@H]2c2ccccc2)nc(S(C)(=O)=O)n1. The van der Waals surface area contributed by atoms with E-state index in [0.29, 0.717) is 21.6 Å². The standard InChI is InChI=1S/C28H28N4O4S4/c1-37-21-15-19(30-28(31-21)40(4,35)36)25-23(17-11-7-5-8-12-17)26(24(25)18-13-9-6-10-14-18)20-16-22(39(3,33)34)32-27(29-20)38-2/h5-16,23-26H,1-4H3/t23-,24-,25?,26?/m0/s1. The van der Waals surface area contributed by atoms with Gasteiger partial charge in [0.05, 0.1) is 11.4 Å². The predicted octanol–water partition coefficient (Wildman–Crippen LogP) is 4.97. The molecule has 0 unspecified atom stereocenters. The van der Waals surface area contributed by atoms with Crippen LogP contribution in [0.1, 0.15) is 46.2 Å². The minimum absolute atomic E-state index is 0.0185. The molecule has 1 aliphatic rings. The van der Waals surface area contributed by atoms with Crippen molar-refractivity contribution < 1.29 is 16.8 Å². The number of hydrogen-bond donors (Lipinski definition) is 0. The van der Waals surface area contributed by atoms with Crippen LogP contribution in [0.5, 0.6) is 0 Å². The summed E-state index contributed by atoms with van der Waals surface area (Å²) in [6.45, 7) is 0. The zero-order valence-electron chi connectivity index (χ0n) is 22.3. The third-order valence-corrected chi connectivity index (χ3v) is 10.1. The van der Waals surface area contributed by atoms with Gasteiger partial charge in [0, 0.05) is 36.2 Å². The fourth-order valence-electron chi connectivity index (χ4n) is 5.40. The van der Waals surface area contributed by atoms with E-state index >= 15 is 0 Å². The highest BCUT2D eigenvalue weighted by Crippen LogP contribution is 2.66. The van der Waals surface area contributed by atoms with Crippen LogP contribution in [0.2, 0.25) is 0 Å². The molecule has 0 bridgehead atoms. The normalized spacial score (nSPS) is 21.1. The molecule has 208 valence electrons. The molecule has 40 heavy (non-hydrogen) atoms. The number of nitrogens with zero attached hydrogens (tertiary/aromatic N) is 4. The monoisotopic (exact) mass is 612 g/mol. The van der Waals surface area contributed by atoms with Gasteiger partial charge < -0.3 is 0 Å². The van der Waals surface area contributed by atoms with Crippen molar-refractivity contribution in [3.63, 3.8) is 0 Å². The number of benzene rings is 2. The summed E-state index contributed by atoms with van der Waals surface area (Å²) in [6, 6.07) is 23.3. The number of thioether (sulfide) groups is 2. The molecule has 2 aromatic heterocycles. The van der Waals surface area contributed by atoms with Gasteiger partial charge in [0.2, 0.25) is 15.0 Å². The summed E-state index contributed by atoms with van der Waals surface area (Å²) in [7, 11) is -7.25. The van der Waals surface area contributed by atoms with Crippen molar-refractivity contribution in [1.82, 2.24) is 19.9 Å². The largest absolute Gasteiger partial charge is 0.248 e. The van der Waals surface area contributed by atoms with Crippen LogP contribution < -0.4 is 0 Å². The summed E-state index contributed by atoms with van der Waals surface area (Å²) in [4.78, 5) is 18.0. The Bertz CT molecular complexity index is 1610. The third kappa shape index (κ3) is 5.67. The van der Waals surface area contributed by atoms with E-state index in [1.807, 2.05) is 79.2 Å². The smallest absolute Gasteiger partial charge is 0.227 e. The summed E-state index contributed by atoms with van der Waals surface area (Å²) in [5, 5.41) is 0.724. The van der Waals surface area contributed by atoms with Gasteiger partial charge >= 0.3 is 0 Å². The summed E-state index contributed by atoms with van der Waals surface area (Å²) in [6.07, 6.45) is 5.92. The Morgan fingerprint density at radius 1 is 0.600 bits per heavy atom. The summed E-state index contributed by atoms with van der Waals surface area (Å²) in [5.41, 5.74) is 3.31. The van der Waals surface area contributed by atoms with Crippen LogP contribution in [0.25, 0.3) is 0 Å². The Morgan fingerprint density at radius 2 is 1.12 bits per heavy atom. The molecule has 0 spiro atoms. The first-order chi connectivity index (χ1) is 19.0. The number of hydrogen-bond acceptors (Lipinski definition) is 10. The number of rotatable bonds is 8. The second kappa shape index (κ2) is 11.2. The molecule has 5 rings (SSSR count). The maximum absolute atomic E-state index is 12.6. The van der Waals surface area contributed by atoms with Crippen molar-refractivity contribution in [2.75, 3.05) is 25.0 Å². The molecule has 0 aliphatic heterocycles. The molecule has 0 saturated heterocycles. The maximum Gasteiger partial charge on any atom is 0.248 e. The first-order valence-corrected chi connectivity index (χ1v) is 18.6. The van der Waals surface area contributed by atoms with Gasteiger partial charge in [-0.1, -0.05) is 72.4 Å². The van der Waals surface area contributed by atoms with Crippen molar-refractivity contribution >= 4 is 43.2 Å². The van der Waals surface area contributed by atoms with Crippen LogP contribution in [0.4, 0.5) is 0 Å². The highest BCUT2D eigenvalue weighted by Gasteiger charge is 2.54. The summed E-state index contributed by atoms with van der Waals surface area (Å²) in [5.74, 6) is -0.780. The molecule has 0 amide bonds. The van der Waals surface area contributed by atoms with E-state index in [0.717, 1.165) is 23.6 Å². The van der Waals surface area contributed by atoms with Gasteiger partial charge in [-0.2, -0.15) is 0 Å². The lowest BCUT2D eigenvalue weighted by Gasteiger charge is -2.52. The molecule has 8 nitrogen and oxygen atoms in total. The molecule has 4 aromatic rings. The Hall–Kier alpha value is -2.80. The van der Waals surface area contributed by atoms with E-state index in [2.05, 4.69) is 15.0 Å². The molecule has 1 saturated carbocycles. The fourth-order valence-corrected chi connectivity index (χ4v) is 7.44. The van der Waals surface area contributed by atoms with E-state index in [-0.39, 0.29) is 33.9 Å². The molecule has 1 fully saturated rings. The average Bonchev–Trinajstić information content (AvgIpc) is 2.92. The number of aromatic nitrogens is 4. The highest BCUT2D eigenvalue weighted by molar-refractivity contribution is 7.98. The molecule has 2 atom stereocenters. The fraction of sp³-hybridized carbons (Fsp3) is 0.286. The molecule has 12 heteroatoms. The van der Waals surface area contributed by atoms with Crippen LogP contribution >= 0.6 is 23.5 Å². The zero-order chi connectivity index (χ0) is 28.7. The van der Waals surface area contributed by atoms with Gasteiger partial charge in [0.25, 0.3) is 0 Å².